The molecule has 1 saturated heterocycles. The highest BCUT2D eigenvalue weighted by molar-refractivity contribution is 5.86. The maximum Gasteiger partial charge on any atom is 0.410 e. The number of ether oxygens (including phenoxy) is 1. The van der Waals surface area contributed by atoms with E-state index in [0.717, 1.165) is 19.3 Å². The Bertz CT molecular complexity index is 487. The molecule has 0 spiro atoms. The zero-order valence-electron chi connectivity index (χ0n) is 15.4. The fourth-order valence-electron chi connectivity index (χ4n) is 4.31. The van der Waals surface area contributed by atoms with E-state index in [0.29, 0.717) is 19.0 Å². The molecule has 0 bridgehead atoms. The second-order valence-electron chi connectivity index (χ2n) is 8.88. The summed E-state index contributed by atoms with van der Waals surface area (Å²) in [7, 11) is 0. The maximum atomic E-state index is 12.8. The van der Waals surface area contributed by atoms with Crippen LogP contribution in [0.1, 0.15) is 72.1 Å². The van der Waals surface area contributed by atoms with Crippen molar-refractivity contribution in [1.29, 1.82) is 0 Å². The van der Waals surface area contributed by atoms with Gasteiger partial charge in [0.1, 0.15) is 5.60 Å². The summed E-state index contributed by atoms with van der Waals surface area (Å²) in [5.41, 5.74) is -0.558. The quantitative estimate of drug-likeness (QED) is 0.858. The molecular formula is C19H32N2O3. The van der Waals surface area contributed by atoms with Crippen molar-refractivity contribution in [2.24, 2.45) is 11.3 Å². The third-order valence-corrected chi connectivity index (χ3v) is 5.80. The van der Waals surface area contributed by atoms with Crippen molar-refractivity contribution in [2.45, 2.75) is 83.8 Å². The number of hydrogen-bond donors (Lipinski definition) is 1. The Kier molecular flexibility index (Phi) is 4.80. The molecule has 3 rings (SSSR count). The van der Waals surface area contributed by atoms with Gasteiger partial charge < -0.3 is 15.0 Å². The van der Waals surface area contributed by atoms with E-state index in [1.807, 2.05) is 20.8 Å². The first kappa shape index (κ1) is 17.6. The average Bonchev–Trinajstić information content (AvgIpc) is 3.20. The molecule has 2 aliphatic carbocycles. The van der Waals surface area contributed by atoms with Gasteiger partial charge >= 0.3 is 6.09 Å². The molecule has 0 aromatic carbocycles. The fourth-order valence-corrected chi connectivity index (χ4v) is 4.31. The van der Waals surface area contributed by atoms with E-state index in [4.69, 9.17) is 4.74 Å². The minimum absolute atomic E-state index is 0.0751. The molecule has 24 heavy (non-hydrogen) atoms. The van der Waals surface area contributed by atoms with Crippen molar-refractivity contribution in [1.82, 2.24) is 10.2 Å². The normalized spacial score (nSPS) is 27.0. The first-order valence-electron chi connectivity index (χ1n) is 9.59. The highest BCUT2D eigenvalue weighted by atomic mass is 16.6. The number of hydrogen-bond acceptors (Lipinski definition) is 3. The number of amides is 2. The lowest BCUT2D eigenvalue weighted by atomic mass is 9.77. The van der Waals surface area contributed by atoms with Gasteiger partial charge in [0.05, 0.1) is 5.41 Å². The smallest absolute Gasteiger partial charge is 0.410 e. The number of nitrogens with zero attached hydrogens (tertiary/aromatic N) is 1. The second-order valence-corrected chi connectivity index (χ2v) is 8.88. The van der Waals surface area contributed by atoms with Crippen molar-refractivity contribution in [3.8, 4) is 0 Å². The topological polar surface area (TPSA) is 58.6 Å². The van der Waals surface area contributed by atoms with Crippen molar-refractivity contribution >= 4 is 12.0 Å². The standard InChI is InChI=1S/C19H32N2O3/c1-18(2,3)24-17(23)21-12-9-15(13-21)20-16(22)19(10-11-19)14-7-5-4-6-8-14/h14-15H,4-13H2,1-3H3,(H,20,22). The van der Waals surface area contributed by atoms with Gasteiger partial charge in [0, 0.05) is 19.1 Å². The van der Waals surface area contributed by atoms with Crippen LogP contribution < -0.4 is 5.32 Å². The van der Waals surface area contributed by atoms with Gasteiger partial charge in [-0.25, -0.2) is 4.79 Å². The van der Waals surface area contributed by atoms with Gasteiger partial charge in [-0.3, -0.25) is 4.79 Å². The zero-order valence-corrected chi connectivity index (χ0v) is 15.4. The third kappa shape index (κ3) is 3.86. The number of carbonyl (C=O) groups is 2. The van der Waals surface area contributed by atoms with Crippen LogP contribution in [0.4, 0.5) is 4.79 Å². The lowest BCUT2D eigenvalue weighted by molar-refractivity contribution is -0.129. The summed E-state index contributed by atoms with van der Waals surface area (Å²) in [5, 5.41) is 3.24. The van der Waals surface area contributed by atoms with Crippen LogP contribution in [0.3, 0.4) is 0 Å². The average molecular weight is 336 g/mol. The van der Waals surface area contributed by atoms with Crippen molar-refractivity contribution in [3.05, 3.63) is 0 Å². The molecule has 3 fully saturated rings. The van der Waals surface area contributed by atoms with Crippen LogP contribution in [0.5, 0.6) is 0 Å². The van der Waals surface area contributed by atoms with Gasteiger partial charge in [-0.15, -0.1) is 0 Å². The molecule has 2 saturated carbocycles. The van der Waals surface area contributed by atoms with E-state index in [-0.39, 0.29) is 23.5 Å². The van der Waals surface area contributed by atoms with E-state index < -0.39 is 5.60 Å². The number of likely N-dealkylation sites (tertiary alicyclic amines) is 1. The fraction of sp³-hybridized carbons (Fsp3) is 0.895. The first-order chi connectivity index (χ1) is 11.3. The largest absolute Gasteiger partial charge is 0.444 e. The summed E-state index contributed by atoms with van der Waals surface area (Å²) in [5.74, 6) is 0.819. The molecule has 1 N–H and O–H groups in total. The predicted molar refractivity (Wildman–Crippen MR) is 92.6 cm³/mol. The van der Waals surface area contributed by atoms with Gasteiger partial charge in [-0.05, 0) is 58.8 Å². The molecule has 0 aromatic heterocycles. The Morgan fingerprint density at radius 2 is 1.75 bits per heavy atom. The molecule has 1 unspecified atom stereocenters. The molecular weight excluding hydrogens is 304 g/mol. The number of nitrogens with one attached hydrogen (secondary N) is 1. The molecule has 1 atom stereocenters. The zero-order chi connectivity index (χ0) is 17.4. The molecule has 1 aliphatic heterocycles. The van der Waals surface area contributed by atoms with Gasteiger partial charge in [-0.2, -0.15) is 0 Å². The van der Waals surface area contributed by atoms with Crippen LogP contribution in [0.25, 0.3) is 0 Å². The highest BCUT2D eigenvalue weighted by Gasteiger charge is 2.55. The second kappa shape index (κ2) is 6.57. The Hall–Kier alpha value is -1.26. The molecule has 5 heteroatoms. The van der Waals surface area contributed by atoms with Crippen LogP contribution in [0.15, 0.2) is 0 Å². The van der Waals surface area contributed by atoms with Crippen molar-refractivity contribution in [3.63, 3.8) is 0 Å². The van der Waals surface area contributed by atoms with E-state index >= 15 is 0 Å². The molecule has 1 heterocycles. The van der Waals surface area contributed by atoms with Crippen LogP contribution >= 0.6 is 0 Å². The molecule has 3 aliphatic rings. The first-order valence-corrected chi connectivity index (χ1v) is 9.59. The monoisotopic (exact) mass is 336 g/mol. The van der Waals surface area contributed by atoms with Gasteiger partial charge in [0.15, 0.2) is 0 Å². The van der Waals surface area contributed by atoms with E-state index in [9.17, 15) is 9.59 Å². The highest BCUT2D eigenvalue weighted by Crippen LogP contribution is 2.56. The summed E-state index contributed by atoms with van der Waals surface area (Å²) >= 11 is 0. The Morgan fingerprint density at radius 1 is 1.08 bits per heavy atom. The molecule has 0 radical (unpaired) electrons. The molecule has 2 amide bonds. The summed E-state index contributed by atoms with van der Waals surface area (Å²) in [4.78, 5) is 26.7. The minimum Gasteiger partial charge on any atom is -0.444 e. The minimum atomic E-state index is -0.475. The lowest BCUT2D eigenvalue weighted by Crippen LogP contribution is -2.45. The summed E-state index contributed by atoms with van der Waals surface area (Å²) in [6.07, 6.45) is 8.94. The van der Waals surface area contributed by atoms with Gasteiger partial charge in [0.25, 0.3) is 0 Å². The summed E-state index contributed by atoms with van der Waals surface area (Å²) in [6.45, 7) is 6.86. The summed E-state index contributed by atoms with van der Waals surface area (Å²) in [6, 6.07) is 0.0751. The van der Waals surface area contributed by atoms with E-state index in [1.54, 1.807) is 4.90 Å². The van der Waals surface area contributed by atoms with E-state index in [2.05, 4.69) is 5.32 Å². The predicted octanol–water partition coefficient (Wildman–Crippen LogP) is 3.47. The van der Waals surface area contributed by atoms with Crippen LogP contribution in [0.2, 0.25) is 0 Å². The Labute approximate surface area is 145 Å². The SMILES string of the molecule is CC(C)(C)OC(=O)N1CCC(NC(=O)C2(C3CCCCC3)CC2)C1. The third-order valence-electron chi connectivity index (χ3n) is 5.80. The number of carbonyl (C=O) groups excluding carboxylic acids is 2. The van der Waals surface area contributed by atoms with Crippen LogP contribution in [-0.4, -0.2) is 41.6 Å². The van der Waals surface area contributed by atoms with Crippen LogP contribution in [-0.2, 0) is 9.53 Å². The maximum absolute atomic E-state index is 12.8. The number of rotatable bonds is 3. The summed E-state index contributed by atoms with van der Waals surface area (Å²) < 4.78 is 5.42. The molecule has 0 aromatic rings. The van der Waals surface area contributed by atoms with Gasteiger partial charge in [-0.1, -0.05) is 19.3 Å². The Balaban J connectivity index is 1.50. The molecule has 136 valence electrons. The van der Waals surface area contributed by atoms with E-state index in [1.165, 1.54) is 32.1 Å². The Morgan fingerprint density at radius 3 is 2.33 bits per heavy atom. The van der Waals surface area contributed by atoms with Gasteiger partial charge in [0.2, 0.25) is 5.91 Å². The van der Waals surface area contributed by atoms with Crippen LogP contribution in [0, 0.1) is 11.3 Å². The lowest BCUT2D eigenvalue weighted by Gasteiger charge is -2.30. The molecule has 5 nitrogen and oxygen atoms in total. The van der Waals surface area contributed by atoms with Crippen molar-refractivity contribution in [2.75, 3.05) is 13.1 Å². The van der Waals surface area contributed by atoms with Crippen molar-refractivity contribution < 1.29 is 14.3 Å².